The van der Waals surface area contributed by atoms with Crippen molar-refractivity contribution in [2.24, 2.45) is 16.6 Å². The van der Waals surface area contributed by atoms with Gasteiger partial charge in [-0.1, -0.05) is 25.4 Å². The number of rotatable bonds is 5. The van der Waals surface area contributed by atoms with E-state index in [1.165, 1.54) is 0 Å². The summed E-state index contributed by atoms with van der Waals surface area (Å²) in [5.41, 5.74) is 5.90. The Morgan fingerprint density at radius 3 is 2.90 bits per heavy atom. The zero-order valence-electron chi connectivity index (χ0n) is 11.7. The maximum Gasteiger partial charge on any atom is 0.318 e. The Labute approximate surface area is 123 Å². The van der Waals surface area contributed by atoms with Crippen LogP contribution in [0.3, 0.4) is 0 Å². The fraction of sp³-hybridized carbons (Fsp3) is 0.462. The Bertz CT molecular complexity index is 476. The van der Waals surface area contributed by atoms with Gasteiger partial charge >= 0.3 is 6.03 Å². The molecule has 0 atom stereocenters. The van der Waals surface area contributed by atoms with Crippen LogP contribution in [0.1, 0.15) is 19.5 Å². The maximum atomic E-state index is 10.9. The van der Waals surface area contributed by atoms with E-state index in [9.17, 15) is 4.79 Å². The normalized spacial score (nSPS) is 11.5. The van der Waals surface area contributed by atoms with Crippen molar-refractivity contribution in [1.29, 1.82) is 0 Å². The summed E-state index contributed by atoms with van der Waals surface area (Å²) in [5.74, 6) is 0.768. The quantitative estimate of drug-likeness (QED) is 0.568. The van der Waals surface area contributed by atoms with Crippen LogP contribution < -0.4 is 16.4 Å². The minimum Gasteiger partial charge on any atom is -0.356 e. The molecule has 0 bridgehead atoms. The third kappa shape index (κ3) is 6.38. The summed E-state index contributed by atoms with van der Waals surface area (Å²) in [6.07, 6.45) is 2.32. The van der Waals surface area contributed by atoms with Gasteiger partial charge in [0.05, 0.1) is 10.7 Å². The number of primary amides is 1. The van der Waals surface area contributed by atoms with Gasteiger partial charge in [0.1, 0.15) is 0 Å². The molecular weight excluding hydrogens is 278 g/mol. The Morgan fingerprint density at radius 1 is 1.55 bits per heavy atom. The molecule has 2 amide bonds. The number of carbonyl (C=O) groups excluding carboxylic acids is 1. The lowest BCUT2D eigenvalue weighted by Crippen LogP contribution is -2.44. The molecular formula is C13H20ClN5O. The first-order valence-corrected chi connectivity index (χ1v) is 6.81. The summed E-state index contributed by atoms with van der Waals surface area (Å²) >= 11 is 6.02. The van der Waals surface area contributed by atoms with Gasteiger partial charge in [0.15, 0.2) is 5.96 Å². The van der Waals surface area contributed by atoms with Gasteiger partial charge in [0.2, 0.25) is 0 Å². The van der Waals surface area contributed by atoms with E-state index < -0.39 is 6.03 Å². The highest BCUT2D eigenvalue weighted by Crippen LogP contribution is 2.11. The van der Waals surface area contributed by atoms with Crippen LogP contribution in [-0.2, 0) is 6.42 Å². The predicted octanol–water partition coefficient (Wildman–Crippen LogP) is 1.55. The highest BCUT2D eigenvalue weighted by molar-refractivity contribution is 6.31. The Kier molecular flexibility index (Phi) is 6.79. The summed E-state index contributed by atoms with van der Waals surface area (Å²) in [5, 5.41) is 6.11. The van der Waals surface area contributed by atoms with Gasteiger partial charge in [-0.3, -0.25) is 15.3 Å². The second-order valence-electron chi connectivity index (χ2n) is 4.68. The van der Waals surface area contributed by atoms with Gasteiger partial charge in [-0.25, -0.2) is 4.79 Å². The van der Waals surface area contributed by atoms with Crippen LogP contribution in [0.2, 0.25) is 5.02 Å². The summed E-state index contributed by atoms with van der Waals surface area (Å²) in [4.78, 5) is 19.3. The van der Waals surface area contributed by atoms with E-state index in [1.807, 2.05) is 13.8 Å². The molecule has 1 aromatic rings. The van der Waals surface area contributed by atoms with Gasteiger partial charge in [-0.2, -0.15) is 0 Å². The average Bonchev–Trinajstić information content (AvgIpc) is 2.37. The number of hydrogen-bond acceptors (Lipinski definition) is 3. The van der Waals surface area contributed by atoms with Crippen molar-refractivity contribution in [3.05, 3.63) is 29.0 Å². The van der Waals surface area contributed by atoms with Gasteiger partial charge < -0.3 is 11.1 Å². The molecule has 0 spiro atoms. The van der Waals surface area contributed by atoms with Crippen LogP contribution in [0.25, 0.3) is 0 Å². The molecule has 0 unspecified atom stereocenters. The van der Waals surface area contributed by atoms with Crippen molar-refractivity contribution in [2.75, 3.05) is 13.1 Å². The van der Waals surface area contributed by atoms with Crippen molar-refractivity contribution in [3.8, 4) is 0 Å². The number of aliphatic imine (C=N–C) groups is 1. The summed E-state index contributed by atoms with van der Waals surface area (Å²) < 4.78 is 0. The van der Waals surface area contributed by atoms with Gasteiger partial charge in [0.25, 0.3) is 0 Å². The number of nitrogens with two attached hydrogens (primary N) is 1. The minimum atomic E-state index is -0.643. The molecule has 0 saturated heterocycles. The Hall–Kier alpha value is -1.82. The third-order valence-electron chi connectivity index (χ3n) is 2.35. The fourth-order valence-electron chi connectivity index (χ4n) is 1.43. The van der Waals surface area contributed by atoms with Gasteiger partial charge in [-0.05, 0) is 18.1 Å². The van der Waals surface area contributed by atoms with Crippen LogP contribution in [0, 0.1) is 5.92 Å². The molecule has 0 saturated carbocycles. The van der Waals surface area contributed by atoms with E-state index >= 15 is 0 Å². The van der Waals surface area contributed by atoms with E-state index in [0.717, 1.165) is 5.69 Å². The molecule has 0 aromatic carbocycles. The first kappa shape index (κ1) is 16.2. The number of guanidine groups is 1. The SMILES string of the molecule is CC(C)CN=C(NCCc1ncccc1Cl)NC(N)=O. The number of amides is 2. The standard InChI is InChI=1S/C13H20ClN5O/c1-9(2)8-18-13(19-12(15)20)17-7-5-11-10(14)4-3-6-16-11/h3-4,6,9H,5,7-8H2,1-2H3,(H4,15,17,18,19,20). The number of nitrogens with one attached hydrogen (secondary N) is 2. The van der Waals surface area contributed by atoms with Crippen LogP contribution in [0.4, 0.5) is 4.79 Å². The number of nitrogens with zero attached hydrogens (tertiary/aromatic N) is 2. The molecule has 20 heavy (non-hydrogen) atoms. The molecule has 4 N–H and O–H groups in total. The molecule has 0 aliphatic heterocycles. The minimum absolute atomic E-state index is 0.373. The van der Waals surface area contributed by atoms with Crippen LogP contribution in [0.5, 0.6) is 0 Å². The van der Waals surface area contributed by atoms with E-state index in [0.29, 0.717) is 36.4 Å². The molecule has 1 rings (SSSR count). The van der Waals surface area contributed by atoms with E-state index in [1.54, 1.807) is 18.3 Å². The second-order valence-corrected chi connectivity index (χ2v) is 5.09. The number of halogens is 1. The third-order valence-corrected chi connectivity index (χ3v) is 2.69. The Balaban J connectivity index is 2.52. The largest absolute Gasteiger partial charge is 0.356 e. The first-order valence-electron chi connectivity index (χ1n) is 6.43. The smallest absolute Gasteiger partial charge is 0.318 e. The lowest BCUT2D eigenvalue weighted by molar-refractivity contribution is 0.253. The summed E-state index contributed by atoms with van der Waals surface area (Å²) in [6, 6.07) is 2.93. The summed E-state index contributed by atoms with van der Waals surface area (Å²) in [6.45, 7) is 5.24. The number of urea groups is 1. The zero-order valence-corrected chi connectivity index (χ0v) is 12.4. The zero-order chi connectivity index (χ0) is 15.0. The van der Waals surface area contributed by atoms with Crippen LogP contribution >= 0.6 is 11.6 Å². The van der Waals surface area contributed by atoms with Gasteiger partial charge in [0, 0.05) is 25.7 Å². The molecule has 110 valence electrons. The lowest BCUT2D eigenvalue weighted by Gasteiger charge is -2.11. The monoisotopic (exact) mass is 297 g/mol. The lowest BCUT2D eigenvalue weighted by atomic mass is 10.2. The van der Waals surface area contributed by atoms with Crippen LogP contribution in [-0.4, -0.2) is 30.1 Å². The van der Waals surface area contributed by atoms with E-state index in [-0.39, 0.29) is 0 Å². The van der Waals surface area contributed by atoms with Crippen molar-refractivity contribution < 1.29 is 4.79 Å². The first-order chi connectivity index (χ1) is 9.49. The van der Waals surface area contributed by atoms with Crippen molar-refractivity contribution >= 4 is 23.6 Å². The highest BCUT2D eigenvalue weighted by Gasteiger charge is 2.04. The molecule has 1 aromatic heterocycles. The molecule has 0 aliphatic carbocycles. The average molecular weight is 298 g/mol. The predicted molar refractivity (Wildman–Crippen MR) is 80.8 cm³/mol. The highest BCUT2D eigenvalue weighted by atomic mass is 35.5. The molecule has 0 radical (unpaired) electrons. The second kappa shape index (κ2) is 8.37. The van der Waals surface area contributed by atoms with E-state index in [2.05, 4.69) is 20.6 Å². The summed E-state index contributed by atoms with van der Waals surface area (Å²) in [7, 11) is 0. The van der Waals surface area contributed by atoms with Crippen molar-refractivity contribution in [2.45, 2.75) is 20.3 Å². The molecule has 7 heteroatoms. The van der Waals surface area contributed by atoms with E-state index in [4.69, 9.17) is 17.3 Å². The molecule has 1 heterocycles. The number of hydrogen-bond donors (Lipinski definition) is 3. The topological polar surface area (TPSA) is 92.4 Å². The van der Waals surface area contributed by atoms with Crippen LogP contribution in [0.15, 0.2) is 23.3 Å². The molecule has 0 aliphatic rings. The molecule has 6 nitrogen and oxygen atoms in total. The number of carbonyl (C=O) groups is 1. The fourth-order valence-corrected chi connectivity index (χ4v) is 1.65. The van der Waals surface area contributed by atoms with Crippen molar-refractivity contribution in [1.82, 2.24) is 15.6 Å². The number of aromatic nitrogens is 1. The Morgan fingerprint density at radius 2 is 2.30 bits per heavy atom. The molecule has 0 fully saturated rings. The number of pyridine rings is 1. The van der Waals surface area contributed by atoms with Gasteiger partial charge in [-0.15, -0.1) is 0 Å². The van der Waals surface area contributed by atoms with Crippen molar-refractivity contribution in [3.63, 3.8) is 0 Å². The maximum absolute atomic E-state index is 10.9.